The summed E-state index contributed by atoms with van der Waals surface area (Å²) in [5, 5.41) is -0.865. The molecule has 1 aliphatic carbocycles. The van der Waals surface area contributed by atoms with E-state index in [1.165, 1.54) is 22.9 Å². The van der Waals surface area contributed by atoms with Crippen molar-refractivity contribution in [1.29, 1.82) is 0 Å². The molecule has 0 bridgehead atoms. The molecule has 4 rings (SSSR count). The monoisotopic (exact) mass is 533 g/mol. The van der Waals surface area contributed by atoms with Crippen LogP contribution in [-0.2, 0) is 22.7 Å². The Balaban J connectivity index is 1.94. The fourth-order valence-electron chi connectivity index (χ4n) is 4.12. The van der Waals surface area contributed by atoms with Gasteiger partial charge in [0.15, 0.2) is 0 Å². The second kappa shape index (κ2) is 9.05. The van der Waals surface area contributed by atoms with Crippen molar-refractivity contribution in [2.75, 3.05) is 0 Å². The zero-order chi connectivity index (χ0) is 26.6. The third kappa shape index (κ3) is 5.39. The van der Waals surface area contributed by atoms with Gasteiger partial charge in [-0.05, 0) is 30.4 Å². The summed E-state index contributed by atoms with van der Waals surface area (Å²) in [4.78, 5) is 4.18. The highest BCUT2D eigenvalue weighted by Crippen LogP contribution is 2.40. The van der Waals surface area contributed by atoms with Gasteiger partial charge in [-0.25, -0.2) is 31.3 Å². The van der Waals surface area contributed by atoms with E-state index in [9.17, 15) is 30.4 Å². The Hall–Kier alpha value is -2.60. The molecule has 1 aromatic carbocycles. The van der Waals surface area contributed by atoms with Crippen LogP contribution in [-0.4, -0.2) is 29.6 Å². The molecule has 3 aromatic rings. The first-order valence-electron chi connectivity index (χ1n) is 11.2. The van der Waals surface area contributed by atoms with Gasteiger partial charge in [0.2, 0.25) is 10.0 Å². The lowest BCUT2D eigenvalue weighted by Gasteiger charge is -2.20. The fraction of sp³-hybridized carbons (Fsp3) is 0.458. The molecule has 0 radical (unpaired) electrons. The SMILES string of the molecule is CC(C)(C)Cn1cc(C(NS(=O)(=O)C2CC2)C(F)F)c2cc(F)c(-c3ccccc3C(F)(F)F)nc21. The summed E-state index contributed by atoms with van der Waals surface area (Å²) in [6.07, 6.45) is -5.96. The molecule has 0 aliphatic heterocycles. The van der Waals surface area contributed by atoms with E-state index >= 15 is 4.39 Å². The van der Waals surface area contributed by atoms with Crippen molar-refractivity contribution in [3.05, 3.63) is 53.5 Å². The number of hydrogen-bond donors (Lipinski definition) is 1. The van der Waals surface area contributed by atoms with Crippen molar-refractivity contribution < 1.29 is 34.8 Å². The molecule has 1 saturated carbocycles. The number of rotatable bonds is 7. The molecule has 1 unspecified atom stereocenters. The first kappa shape index (κ1) is 26.5. The minimum absolute atomic E-state index is 0.0235. The zero-order valence-corrected chi connectivity index (χ0v) is 20.5. The van der Waals surface area contributed by atoms with Gasteiger partial charge in [0.05, 0.1) is 10.8 Å². The van der Waals surface area contributed by atoms with E-state index in [0.717, 1.165) is 18.2 Å². The van der Waals surface area contributed by atoms with Crippen molar-refractivity contribution in [2.24, 2.45) is 5.41 Å². The molecule has 1 fully saturated rings. The standard InChI is InChI=1S/C24H25F6N3O2S/c1-23(2,3)12-33-11-16(20(21(26)27)32-36(34,35)13-8-9-13)15-10-18(25)19(31-22(15)33)14-6-4-5-7-17(14)24(28,29)30/h4-7,10-11,13,20-21,32H,8-9,12H2,1-3H3. The van der Waals surface area contributed by atoms with Crippen LogP contribution in [0.1, 0.15) is 50.8 Å². The summed E-state index contributed by atoms with van der Waals surface area (Å²) >= 11 is 0. The van der Waals surface area contributed by atoms with Gasteiger partial charge in [0.25, 0.3) is 6.43 Å². The number of alkyl halides is 5. The summed E-state index contributed by atoms with van der Waals surface area (Å²) in [6.45, 7) is 5.75. The topological polar surface area (TPSA) is 64.0 Å². The van der Waals surface area contributed by atoms with E-state index in [-0.39, 0.29) is 23.1 Å². The maximum absolute atomic E-state index is 15.3. The quantitative estimate of drug-likeness (QED) is 0.363. The molecule has 12 heteroatoms. The van der Waals surface area contributed by atoms with Crippen molar-refractivity contribution in [2.45, 2.75) is 64.1 Å². The minimum atomic E-state index is -4.78. The Morgan fingerprint density at radius 3 is 2.33 bits per heavy atom. The first-order chi connectivity index (χ1) is 16.6. The van der Waals surface area contributed by atoms with Crippen LogP contribution in [0.2, 0.25) is 0 Å². The fourth-order valence-corrected chi connectivity index (χ4v) is 5.65. The Morgan fingerprint density at radius 2 is 1.78 bits per heavy atom. The van der Waals surface area contributed by atoms with Crippen LogP contribution in [0.3, 0.4) is 0 Å². The summed E-state index contributed by atoms with van der Waals surface area (Å²) in [5.41, 5.74) is -2.80. The van der Waals surface area contributed by atoms with E-state index in [0.29, 0.717) is 12.8 Å². The van der Waals surface area contributed by atoms with Gasteiger partial charge in [0.1, 0.15) is 23.2 Å². The number of aromatic nitrogens is 2. The minimum Gasteiger partial charge on any atom is -0.332 e. The van der Waals surface area contributed by atoms with E-state index in [2.05, 4.69) is 4.98 Å². The number of fused-ring (bicyclic) bond motifs is 1. The average Bonchev–Trinajstić information content (AvgIpc) is 3.55. The van der Waals surface area contributed by atoms with Crippen molar-refractivity contribution in [1.82, 2.24) is 14.3 Å². The van der Waals surface area contributed by atoms with Crippen LogP contribution >= 0.6 is 0 Å². The van der Waals surface area contributed by atoms with Gasteiger partial charge < -0.3 is 4.57 Å². The molecule has 1 N–H and O–H groups in total. The van der Waals surface area contributed by atoms with Gasteiger partial charge in [-0.3, -0.25) is 0 Å². The maximum atomic E-state index is 15.3. The number of nitrogens with one attached hydrogen (secondary N) is 1. The number of pyridine rings is 1. The van der Waals surface area contributed by atoms with E-state index < -0.39 is 62.0 Å². The summed E-state index contributed by atoms with van der Waals surface area (Å²) in [5.74, 6) is -1.15. The number of sulfonamides is 1. The van der Waals surface area contributed by atoms with Crippen LogP contribution in [0, 0.1) is 11.2 Å². The molecule has 0 amide bonds. The number of nitrogens with zero attached hydrogens (tertiary/aromatic N) is 2. The maximum Gasteiger partial charge on any atom is 0.417 e. The zero-order valence-electron chi connectivity index (χ0n) is 19.7. The predicted octanol–water partition coefficient (Wildman–Crippen LogP) is 6.30. The Kier molecular flexibility index (Phi) is 6.66. The highest BCUT2D eigenvalue weighted by Gasteiger charge is 2.40. The molecule has 196 valence electrons. The van der Waals surface area contributed by atoms with E-state index in [1.807, 2.05) is 25.5 Å². The van der Waals surface area contributed by atoms with Crippen LogP contribution in [0.15, 0.2) is 36.5 Å². The number of halogens is 6. The molecule has 36 heavy (non-hydrogen) atoms. The molecular formula is C24H25F6N3O2S. The van der Waals surface area contributed by atoms with Gasteiger partial charge in [-0.1, -0.05) is 39.0 Å². The molecule has 1 aliphatic rings. The summed E-state index contributed by atoms with van der Waals surface area (Å²) < 4.78 is 113. The second-order valence-corrected chi connectivity index (χ2v) is 12.2. The van der Waals surface area contributed by atoms with Crippen LogP contribution < -0.4 is 4.72 Å². The third-order valence-corrected chi connectivity index (χ3v) is 7.74. The van der Waals surface area contributed by atoms with Gasteiger partial charge in [0, 0.05) is 29.3 Å². The second-order valence-electron chi connectivity index (χ2n) is 10.2. The predicted molar refractivity (Wildman–Crippen MR) is 123 cm³/mol. The van der Waals surface area contributed by atoms with Gasteiger partial charge in [-0.2, -0.15) is 13.2 Å². The first-order valence-corrected chi connectivity index (χ1v) is 12.8. The normalized spacial score (nSPS) is 16.2. The average molecular weight is 534 g/mol. The number of benzene rings is 1. The molecule has 1 atom stereocenters. The van der Waals surface area contributed by atoms with E-state index in [4.69, 9.17) is 0 Å². The molecule has 2 heterocycles. The van der Waals surface area contributed by atoms with Crippen LogP contribution in [0.5, 0.6) is 0 Å². The lowest BCUT2D eigenvalue weighted by Crippen LogP contribution is -2.35. The molecule has 5 nitrogen and oxygen atoms in total. The van der Waals surface area contributed by atoms with Crippen molar-refractivity contribution in [3.8, 4) is 11.3 Å². The Bertz CT molecular complexity index is 1390. The van der Waals surface area contributed by atoms with Gasteiger partial charge in [-0.15, -0.1) is 0 Å². The molecule has 2 aromatic heterocycles. The number of hydrogen-bond acceptors (Lipinski definition) is 3. The highest BCUT2D eigenvalue weighted by atomic mass is 32.2. The Labute approximate surface area is 204 Å². The van der Waals surface area contributed by atoms with Crippen molar-refractivity contribution >= 4 is 21.1 Å². The Morgan fingerprint density at radius 1 is 1.14 bits per heavy atom. The lowest BCUT2D eigenvalue weighted by molar-refractivity contribution is -0.137. The lowest BCUT2D eigenvalue weighted by atomic mass is 9.97. The summed E-state index contributed by atoms with van der Waals surface area (Å²) in [6, 6.07) is 3.25. The van der Waals surface area contributed by atoms with Crippen molar-refractivity contribution in [3.63, 3.8) is 0 Å². The van der Waals surface area contributed by atoms with Crippen LogP contribution in [0.4, 0.5) is 26.3 Å². The van der Waals surface area contributed by atoms with E-state index in [1.54, 1.807) is 0 Å². The third-order valence-electron chi connectivity index (χ3n) is 5.81. The molecule has 0 spiro atoms. The van der Waals surface area contributed by atoms with Gasteiger partial charge >= 0.3 is 6.18 Å². The highest BCUT2D eigenvalue weighted by molar-refractivity contribution is 7.90. The van der Waals surface area contributed by atoms with Crippen LogP contribution in [0.25, 0.3) is 22.3 Å². The largest absolute Gasteiger partial charge is 0.417 e. The molecule has 0 saturated heterocycles. The molecular weight excluding hydrogens is 508 g/mol. The summed E-state index contributed by atoms with van der Waals surface area (Å²) in [7, 11) is -4.04. The smallest absolute Gasteiger partial charge is 0.332 e.